The molecule has 1 fully saturated rings. The van der Waals surface area contributed by atoms with Crippen molar-refractivity contribution < 1.29 is 4.74 Å². The van der Waals surface area contributed by atoms with E-state index in [0.29, 0.717) is 17.9 Å². The van der Waals surface area contributed by atoms with Crippen LogP contribution in [0.2, 0.25) is 0 Å². The lowest BCUT2D eigenvalue weighted by atomic mass is 10.00. The highest BCUT2D eigenvalue weighted by Gasteiger charge is 2.32. The molecule has 0 aliphatic carbocycles. The number of fused-ring (bicyclic) bond motifs is 1. The maximum Gasteiger partial charge on any atom is 0.253 e. The summed E-state index contributed by atoms with van der Waals surface area (Å²) in [4.78, 5) is 21.6. The molecule has 0 saturated carbocycles. The summed E-state index contributed by atoms with van der Waals surface area (Å²) in [5.74, 6) is 1.54. The van der Waals surface area contributed by atoms with E-state index in [1.807, 2.05) is 47.1 Å². The first kappa shape index (κ1) is 26.9. The van der Waals surface area contributed by atoms with Gasteiger partial charge >= 0.3 is 0 Å². The number of piperazine rings is 1. The zero-order chi connectivity index (χ0) is 28.3. The maximum atomic E-state index is 13.7. The van der Waals surface area contributed by atoms with Gasteiger partial charge in [-0.2, -0.15) is 0 Å². The van der Waals surface area contributed by atoms with E-state index in [1.54, 1.807) is 7.11 Å². The fraction of sp³-hybridized carbons (Fsp3) is 0.312. The first-order chi connectivity index (χ1) is 20.0. The summed E-state index contributed by atoms with van der Waals surface area (Å²) in [5.41, 5.74) is 6.04. The summed E-state index contributed by atoms with van der Waals surface area (Å²) in [7, 11) is 1.69. The lowest BCUT2D eigenvalue weighted by Crippen LogP contribution is -2.48. The van der Waals surface area contributed by atoms with Crippen molar-refractivity contribution in [1.82, 2.24) is 35.0 Å². The Morgan fingerprint density at radius 1 is 0.878 bits per heavy atom. The van der Waals surface area contributed by atoms with Crippen LogP contribution >= 0.6 is 0 Å². The highest BCUT2D eigenvalue weighted by atomic mass is 16.5. The van der Waals surface area contributed by atoms with Crippen LogP contribution in [0.3, 0.4) is 0 Å². The lowest BCUT2D eigenvalue weighted by Gasteiger charge is -2.38. The van der Waals surface area contributed by atoms with Gasteiger partial charge in [0, 0.05) is 43.8 Å². The lowest BCUT2D eigenvalue weighted by molar-refractivity contribution is 0.0998. The summed E-state index contributed by atoms with van der Waals surface area (Å²) in [6.45, 7) is 8.80. The molecule has 1 aliphatic heterocycles. The predicted molar refractivity (Wildman–Crippen MR) is 159 cm³/mol. The largest absolute Gasteiger partial charge is 0.497 e. The number of hydrogen-bond donors (Lipinski definition) is 1. The van der Waals surface area contributed by atoms with Gasteiger partial charge in [-0.1, -0.05) is 42.5 Å². The number of rotatable bonds is 8. The number of hydrogen-bond acceptors (Lipinski definition) is 7. The highest BCUT2D eigenvalue weighted by Crippen LogP contribution is 2.29. The third-order valence-corrected chi connectivity index (χ3v) is 8.07. The first-order valence-corrected chi connectivity index (χ1v) is 14.0. The Morgan fingerprint density at radius 3 is 2.41 bits per heavy atom. The molecule has 2 aromatic heterocycles. The normalized spacial score (nSPS) is 15.3. The number of nitrogens with one attached hydrogen (secondary N) is 1. The second kappa shape index (κ2) is 11.6. The third-order valence-electron chi connectivity index (χ3n) is 8.07. The fourth-order valence-electron chi connectivity index (χ4n) is 5.68. The predicted octanol–water partition coefficient (Wildman–Crippen LogP) is 4.10. The molecule has 41 heavy (non-hydrogen) atoms. The van der Waals surface area contributed by atoms with Crippen LogP contribution in [0.4, 0.5) is 0 Å². The summed E-state index contributed by atoms with van der Waals surface area (Å²) in [5, 5.41) is 13.9. The number of aromatic amines is 1. The Hall–Kier alpha value is -4.34. The Bertz CT molecular complexity index is 1700. The quantitative estimate of drug-likeness (QED) is 0.312. The van der Waals surface area contributed by atoms with E-state index >= 15 is 0 Å². The number of aromatic nitrogens is 5. The van der Waals surface area contributed by atoms with Crippen molar-refractivity contribution in [3.63, 3.8) is 0 Å². The Kier molecular flexibility index (Phi) is 7.63. The number of nitrogens with zero attached hydrogens (tertiary/aromatic N) is 6. The van der Waals surface area contributed by atoms with E-state index in [-0.39, 0.29) is 11.6 Å². The van der Waals surface area contributed by atoms with E-state index in [4.69, 9.17) is 4.74 Å². The number of pyridine rings is 1. The molecule has 0 spiro atoms. The number of tetrazole rings is 1. The standard InChI is InChI=1S/C32H35N7O2/c1-22-16-26-19-28(32(40)33-29(26)17-23(22)2)30(31-34-35-36-39(31)21-24-8-5-4-6-9-24)38-14-12-37(13-15-38)20-25-10-7-11-27(18-25)41-3/h4-11,16-19,30H,12-15,20-21H2,1-3H3,(H,33,40). The van der Waals surface area contributed by atoms with Gasteiger partial charge in [0.1, 0.15) is 11.8 Å². The van der Waals surface area contributed by atoms with Gasteiger partial charge in [-0.25, -0.2) is 4.68 Å². The summed E-state index contributed by atoms with van der Waals surface area (Å²) >= 11 is 0. The molecule has 1 saturated heterocycles. The Morgan fingerprint density at radius 2 is 1.63 bits per heavy atom. The van der Waals surface area contributed by atoms with E-state index in [0.717, 1.165) is 60.5 Å². The average molecular weight is 550 g/mol. The SMILES string of the molecule is COc1cccc(CN2CCN(C(c3cc4cc(C)c(C)cc4[nH]c3=O)c3nnnn3Cc3ccccc3)CC2)c1. The minimum atomic E-state index is -0.387. The molecule has 1 aliphatic rings. The molecular formula is C32H35N7O2. The average Bonchev–Trinajstić information content (AvgIpc) is 3.43. The molecule has 9 nitrogen and oxygen atoms in total. The molecule has 9 heteroatoms. The van der Waals surface area contributed by atoms with Crippen LogP contribution in [-0.4, -0.2) is 68.3 Å². The molecule has 1 unspecified atom stereocenters. The van der Waals surface area contributed by atoms with Crippen molar-refractivity contribution in [3.05, 3.63) is 117 Å². The van der Waals surface area contributed by atoms with Crippen LogP contribution < -0.4 is 10.3 Å². The Labute approximate surface area is 239 Å². The smallest absolute Gasteiger partial charge is 0.253 e. The van der Waals surface area contributed by atoms with Gasteiger partial charge in [-0.05, 0) is 82.2 Å². The number of benzene rings is 3. The fourth-order valence-corrected chi connectivity index (χ4v) is 5.68. The molecule has 0 bridgehead atoms. The van der Waals surface area contributed by atoms with E-state index in [2.05, 4.69) is 74.5 Å². The minimum absolute atomic E-state index is 0.112. The maximum absolute atomic E-state index is 13.7. The van der Waals surface area contributed by atoms with Gasteiger partial charge in [-0.15, -0.1) is 5.10 Å². The minimum Gasteiger partial charge on any atom is -0.497 e. The highest BCUT2D eigenvalue weighted by molar-refractivity contribution is 5.81. The molecule has 6 rings (SSSR count). The summed E-state index contributed by atoms with van der Waals surface area (Å²) in [6.07, 6.45) is 0. The van der Waals surface area contributed by atoms with Gasteiger partial charge in [0.25, 0.3) is 5.56 Å². The van der Waals surface area contributed by atoms with Crippen molar-refractivity contribution in [2.75, 3.05) is 33.3 Å². The van der Waals surface area contributed by atoms with Gasteiger partial charge in [0.05, 0.1) is 13.7 Å². The number of methoxy groups -OCH3 is 1. The molecule has 3 heterocycles. The molecule has 1 N–H and O–H groups in total. The van der Waals surface area contributed by atoms with Gasteiger partial charge in [0.15, 0.2) is 5.82 Å². The molecule has 1 atom stereocenters. The van der Waals surface area contributed by atoms with Crippen LogP contribution in [0.5, 0.6) is 5.75 Å². The topological polar surface area (TPSA) is 92.2 Å². The van der Waals surface area contributed by atoms with Crippen molar-refractivity contribution in [2.45, 2.75) is 33.0 Å². The number of aryl methyl sites for hydroxylation is 2. The van der Waals surface area contributed by atoms with Crippen molar-refractivity contribution in [3.8, 4) is 5.75 Å². The van der Waals surface area contributed by atoms with Gasteiger partial charge < -0.3 is 9.72 Å². The van der Waals surface area contributed by atoms with E-state index in [1.165, 1.54) is 11.1 Å². The zero-order valence-electron chi connectivity index (χ0n) is 23.7. The molecule has 210 valence electrons. The van der Waals surface area contributed by atoms with Crippen molar-refractivity contribution in [2.24, 2.45) is 0 Å². The second-order valence-corrected chi connectivity index (χ2v) is 10.8. The molecule has 3 aromatic carbocycles. The van der Waals surface area contributed by atoms with Crippen LogP contribution in [0.15, 0.2) is 77.6 Å². The summed E-state index contributed by atoms with van der Waals surface area (Å²) < 4.78 is 7.24. The molecule has 0 amide bonds. The second-order valence-electron chi connectivity index (χ2n) is 10.8. The van der Waals surface area contributed by atoms with Crippen LogP contribution in [0, 0.1) is 13.8 Å². The number of ether oxygens (including phenoxy) is 1. The summed E-state index contributed by atoms with van der Waals surface area (Å²) in [6, 6.07) is 24.2. The molecule has 5 aromatic rings. The van der Waals surface area contributed by atoms with Crippen molar-refractivity contribution >= 4 is 10.9 Å². The van der Waals surface area contributed by atoms with Crippen molar-refractivity contribution in [1.29, 1.82) is 0 Å². The molecule has 0 radical (unpaired) electrons. The van der Waals surface area contributed by atoms with E-state index in [9.17, 15) is 4.79 Å². The first-order valence-electron chi connectivity index (χ1n) is 14.0. The monoisotopic (exact) mass is 549 g/mol. The van der Waals surface area contributed by atoms with E-state index < -0.39 is 0 Å². The number of H-pyrrole nitrogens is 1. The van der Waals surface area contributed by atoms with Crippen LogP contribution in [0.25, 0.3) is 10.9 Å². The van der Waals surface area contributed by atoms with Crippen LogP contribution in [0.1, 0.15) is 39.7 Å². The molecular weight excluding hydrogens is 514 g/mol. The van der Waals surface area contributed by atoms with Gasteiger partial charge in [-0.3, -0.25) is 14.6 Å². The van der Waals surface area contributed by atoms with Gasteiger partial charge in [0.2, 0.25) is 0 Å². The third kappa shape index (κ3) is 5.77. The zero-order valence-corrected chi connectivity index (χ0v) is 23.7. The Balaban J connectivity index is 1.34. The van der Waals surface area contributed by atoms with Crippen LogP contribution in [-0.2, 0) is 13.1 Å².